The molecule has 0 radical (unpaired) electrons. The fourth-order valence-corrected chi connectivity index (χ4v) is 1.88. The predicted molar refractivity (Wildman–Crippen MR) is 77.7 cm³/mol. The molecule has 0 aliphatic rings. The molecule has 0 saturated heterocycles. The second kappa shape index (κ2) is 7.22. The summed E-state index contributed by atoms with van der Waals surface area (Å²) in [4.78, 5) is 4.05. The molecule has 1 aromatic carbocycles. The monoisotopic (exact) mass is 294 g/mol. The van der Waals surface area contributed by atoms with Crippen molar-refractivity contribution in [2.75, 3.05) is 6.54 Å². The first kappa shape index (κ1) is 14.8. The van der Waals surface area contributed by atoms with Gasteiger partial charge in [0, 0.05) is 24.4 Å². The van der Waals surface area contributed by atoms with Crippen molar-refractivity contribution in [3.05, 3.63) is 53.1 Å². The van der Waals surface area contributed by atoms with Gasteiger partial charge in [-0.05, 0) is 31.2 Å². The Morgan fingerprint density at radius 2 is 2.20 bits per heavy atom. The Bertz CT molecular complexity index is 578. The number of benzene rings is 1. The summed E-state index contributed by atoms with van der Waals surface area (Å²) in [6.07, 6.45) is 4.42. The summed E-state index contributed by atoms with van der Waals surface area (Å²) in [5.74, 6) is 0.662. The van der Waals surface area contributed by atoms with Gasteiger partial charge in [0.05, 0.1) is 11.2 Å². The van der Waals surface area contributed by atoms with E-state index in [4.69, 9.17) is 16.3 Å². The Morgan fingerprint density at radius 1 is 1.35 bits per heavy atom. The van der Waals surface area contributed by atoms with Crippen LogP contribution in [-0.2, 0) is 6.54 Å². The molecule has 0 amide bonds. The van der Waals surface area contributed by atoms with Gasteiger partial charge in [0.2, 0.25) is 0 Å². The fourth-order valence-electron chi connectivity index (χ4n) is 1.71. The molecule has 2 aromatic rings. The van der Waals surface area contributed by atoms with Crippen molar-refractivity contribution in [3.8, 4) is 11.5 Å². The molecule has 0 unspecified atom stereocenters. The summed E-state index contributed by atoms with van der Waals surface area (Å²) in [5.41, 5.74) is 0.994. The molecule has 0 aliphatic carbocycles. The highest BCUT2D eigenvalue weighted by atomic mass is 35.5. The number of pyridine rings is 1. The fraction of sp³-hybridized carbons (Fsp3) is 0.267. The molecule has 0 fully saturated rings. The van der Waals surface area contributed by atoms with Crippen molar-refractivity contribution in [1.82, 2.24) is 10.3 Å². The van der Waals surface area contributed by atoms with Crippen LogP contribution in [-0.4, -0.2) is 11.5 Å². The molecular weight excluding hydrogens is 279 g/mol. The number of hydrogen-bond donors (Lipinski definition) is 1. The van der Waals surface area contributed by atoms with Gasteiger partial charge in [-0.25, -0.2) is 4.39 Å². The van der Waals surface area contributed by atoms with Crippen molar-refractivity contribution in [2.24, 2.45) is 0 Å². The zero-order valence-corrected chi connectivity index (χ0v) is 12.0. The van der Waals surface area contributed by atoms with E-state index in [1.807, 2.05) is 6.07 Å². The van der Waals surface area contributed by atoms with Crippen LogP contribution in [0.3, 0.4) is 0 Å². The summed E-state index contributed by atoms with van der Waals surface area (Å²) in [6, 6.07) is 6.16. The number of aromatic nitrogens is 1. The van der Waals surface area contributed by atoms with Crippen LogP contribution in [0.2, 0.25) is 5.02 Å². The third-order valence-electron chi connectivity index (χ3n) is 2.73. The molecule has 5 heteroatoms. The summed E-state index contributed by atoms with van der Waals surface area (Å²) >= 11 is 5.74. The minimum atomic E-state index is -0.463. The van der Waals surface area contributed by atoms with Crippen molar-refractivity contribution >= 4 is 11.6 Å². The standard InChI is InChI=1S/C15H16ClFN2O/c1-2-6-18-9-11-5-7-19-10-15(11)20-12-3-4-14(17)13(16)8-12/h3-5,7-8,10,18H,2,6,9H2,1H3. The SMILES string of the molecule is CCCNCc1ccncc1Oc1ccc(F)c(Cl)c1. The molecule has 0 aliphatic heterocycles. The van der Waals surface area contributed by atoms with Gasteiger partial charge in [-0.1, -0.05) is 18.5 Å². The molecule has 106 valence electrons. The average molecular weight is 295 g/mol. The zero-order valence-electron chi connectivity index (χ0n) is 11.2. The molecule has 20 heavy (non-hydrogen) atoms. The molecule has 0 atom stereocenters. The minimum Gasteiger partial charge on any atom is -0.455 e. The molecule has 3 nitrogen and oxygen atoms in total. The first-order valence-corrected chi connectivity index (χ1v) is 6.85. The lowest BCUT2D eigenvalue weighted by Crippen LogP contribution is -2.14. The van der Waals surface area contributed by atoms with E-state index in [-0.39, 0.29) is 5.02 Å². The number of halogens is 2. The summed E-state index contributed by atoms with van der Waals surface area (Å²) in [5, 5.41) is 3.34. The van der Waals surface area contributed by atoms with Crippen LogP contribution in [0, 0.1) is 5.82 Å². The molecule has 2 rings (SSSR count). The van der Waals surface area contributed by atoms with Crippen LogP contribution in [0.4, 0.5) is 4.39 Å². The first-order valence-electron chi connectivity index (χ1n) is 6.47. The highest BCUT2D eigenvalue weighted by Crippen LogP contribution is 2.27. The highest BCUT2D eigenvalue weighted by Gasteiger charge is 2.07. The number of hydrogen-bond acceptors (Lipinski definition) is 3. The van der Waals surface area contributed by atoms with Gasteiger partial charge in [-0.15, -0.1) is 0 Å². The van der Waals surface area contributed by atoms with E-state index in [0.29, 0.717) is 18.0 Å². The Kier molecular flexibility index (Phi) is 5.32. The molecule has 0 bridgehead atoms. The average Bonchev–Trinajstić information content (AvgIpc) is 2.45. The number of nitrogens with zero attached hydrogens (tertiary/aromatic N) is 1. The van der Waals surface area contributed by atoms with Crippen molar-refractivity contribution in [2.45, 2.75) is 19.9 Å². The first-order chi connectivity index (χ1) is 9.70. The zero-order chi connectivity index (χ0) is 14.4. The maximum atomic E-state index is 13.1. The lowest BCUT2D eigenvalue weighted by atomic mass is 10.2. The largest absolute Gasteiger partial charge is 0.455 e. The van der Waals surface area contributed by atoms with E-state index in [1.54, 1.807) is 12.4 Å². The quantitative estimate of drug-likeness (QED) is 0.812. The van der Waals surface area contributed by atoms with Crippen LogP contribution in [0.5, 0.6) is 11.5 Å². The topological polar surface area (TPSA) is 34.2 Å². The lowest BCUT2D eigenvalue weighted by molar-refractivity contribution is 0.468. The van der Waals surface area contributed by atoms with Gasteiger partial charge in [-0.3, -0.25) is 4.98 Å². The lowest BCUT2D eigenvalue weighted by Gasteiger charge is -2.11. The normalized spacial score (nSPS) is 10.6. The molecule has 0 spiro atoms. The van der Waals surface area contributed by atoms with Crippen LogP contribution in [0.25, 0.3) is 0 Å². The third-order valence-corrected chi connectivity index (χ3v) is 3.02. The summed E-state index contributed by atoms with van der Waals surface area (Å²) < 4.78 is 18.8. The number of nitrogens with one attached hydrogen (secondary N) is 1. The second-order valence-electron chi connectivity index (χ2n) is 4.34. The Morgan fingerprint density at radius 3 is 2.95 bits per heavy atom. The Hall–Kier alpha value is -1.65. The van der Waals surface area contributed by atoms with Crippen LogP contribution in [0.15, 0.2) is 36.7 Å². The van der Waals surface area contributed by atoms with E-state index < -0.39 is 5.82 Å². The van der Waals surface area contributed by atoms with Gasteiger partial charge < -0.3 is 10.1 Å². The van der Waals surface area contributed by atoms with Crippen LogP contribution < -0.4 is 10.1 Å². The van der Waals surface area contributed by atoms with E-state index in [2.05, 4.69) is 17.2 Å². The Labute approximate surface area is 122 Å². The van der Waals surface area contributed by atoms with Gasteiger partial charge in [0.15, 0.2) is 0 Å². The van der Waals surface area contributed by atoms with Gasteiger partial charge in [0.25, 0.3) is 0 Å². The third kappa shape index (κ3) is 3.92. The minimum absolute atomic E-state index is 0.0389. The maximum absolute atomic E-state index is 13.1. The van der Waals surface area contributed by atoms with Crippen molar-refractivity contribution in [1.29, 1.82) is 0 Å². The smallest absolute Gasteiger partial charge is 0.150 e. The molecule has 0 saturated carbocycles. The van der Waals surface area contributed by atoms with Gasteiger partial charge in [0.1, 0.15) is 17.3 Å². The number of ether oxygens (including phenoxy) is 1. The van der Waals surface area contributed by atoms with Crippen LogP contribution in [0.1, 0.15) is 18.9 Å². The molecule has 1 aromatic heterocycles. The van der Waals surface area contributed by atoms with E-state index >= 15 is 0 Å². The van der Waals surface area contributed by atoms with E-state index in [0.717, 1.165) is 18.5 Å². The maximum Gasteiger partial charge on any atom is 0.150 e. The number of rotatable bonds is 6. The Balaban J connectivity index is 2.13. The van der Waals surface area contributed by atoms with Crippen molar-refractivity contribution < 1.29 is 9.13 Å². The van der Waals surface area contributed by atoms with Gasteiger partial charge in [-0.2, -0.15) is 0 Å². The molecular formula is C15H16ClFN2O. The predicted octanol–water partition coefficient (Wildman–Crippen LogP) is 4.17. The van der Waals surface area contributed by atoms with Crippen LogP contribution >= 0.6 is 11.6 Å². The molecule has 1 N–H and O–H groups in total. The van der Waals surface area contributed by atoms with Gasteiger partial charge >= 0.3 is 0 Å². The van der Waals surface area contributed by atoms with E-state index in [1.165, 1.54) is 18.2 Å². The molecule has 1 heterocycles. The highest BCUT2D eigenvalue weighted by molar-refractivity contribution is 6.30. The summed E-state index contributed by atoms with van der Waals surface area (Å²) in [6.45, 7) is 3.74. The van der Waals surface area contributed by atoms with E-state index in [9.17, 15) is 4.39 Å². The second-order valence-corrected chi connectivity index (χ2v) is 4.75. The summed E-state index contributed by atoms with van der Waals surface area (Å²) in [7, 11) is 0. The van der Waals surface area contributed by atoms with Crippen molar-refractivity contribution in [3.63, 3.8) is 0 Å².